The van der Waals surface area contributed by atoms with Crippen LogP contribution in [0.4, 0.5) is 18.0 Å². The van der Waals surface area contributed by atoms with Crippen LogP contribution in [0.15, 0.2) is 30.5 Å². The van der Waals surface area contributed by atoms with Crippen LogP contribution < -0.4 is 10.5 Å². The summed E-state index contributed by atoms with van der Waals surface area (Å²) in [6, 6.07) is 4.72. The van der Waals surface area contributed by atoms with Crippen molar-refractivity contribution in [1.29, 1.82) is 0 Å². The Bertz CT molecular complexity index is 659. The van der Waals surface area contributed by atoms with Crippen LogP contribution in [-0.4, -0.2) is 24.3 Å². The number of fused-ring (bicyclic) bond motifs is 1. The molecule has 5 nitrogen and oxygen atoms in total. The SMILES string of the molecule is NC(=O)OCCOc1nccc2cc(C(F)(F)F)ccc12. The minimum absolute atomic E-state index is 0.00389. The van der Waals surface area contributed by atoms with Crippen molar-refractivity contribution in [2.24, 2.45) is 5.73 Å². The second kappa shape index (κ2) is 5.86. The van der Waals surface area contributed by atoms with E-state index >= 15 is 0 Å². The number of hydrogen-bond acceptors (Lipinski definition) is 4. The predicted molar refractivity (Wildman–Crippen MR) is 67.8 cm³/mol. The molecule has 0 fully saturated rings. The van der Waals surface area contributed by atoms with Gasteiger partial charge in [0.1, 0.15) is 13.2 Å². The monoisotopic (exact) mass is 300 g/mol. The quantitative estimate of drug-likeness (QED) is 0.881. The molecule has 21 heavy (non-hydrogen) atoms. The Balaban J connectivity index is 2.20. The molecule has 0 spiro atoms. The van der Waals surface area contributed by atoms with E-state index in [0.717, 1.165) is 12.1 Å². The number of benzene rings is 1. The molecular weight excluding hydrogens is 289 g/mol. The van der Waals surface area contributed by atoms with Gasteiger partial charge < -0.3 is 15.2 Å². The van der Waals surface area contributed by atoms with Gasteiger partial charge in [0, 0.05) is 11.6 Å². The number of rotatable bonds is 4. The van der Waals surface area contributed by atoms with E-state index in [0.29, 0.717) is 10.8 Å². The van der Waals surface area contributed by atoms with E-state index in [1.807, 2.05) is 0 Å². The van der Waals surface area contributed by atoms with E-state index in [2.05, 4.69) is 9.72 Å². The summed E-state index contributed by atoms with van der Waals surface area (Å²) in [6.07, 6.45) is -4.00. The number of carbonyl (C=O) groups excluding carboxylic acids is 1. The first-order chi connectivity index (χ1) is 9.88. The summed E-state index contributed by atoms with van der Waals surface area (Å²) in [4.78, 5) is 14.3. The maximum absolute atomic E-state index is 12.6. The molecule has 0 unspecified atom stereocenters. The average molecular weight is 300 g/mol. The molecule has 1 aromatic heterocycles. The van der Waals surface area contributed by atoms with E-state index in [-0.39, 0.29) is 19.1 Å². The molecule has 0 radical (unpaired) electrons. The van der Waals surface area contributed by atoms with Gasteiger partial charge in [-0.15, -0.1) is 0 Å². The molecule has 0 saturated carbocycles. The number of aromatic nitrogens is 1. The molecule has 0 bridgehead atoms. The van der Waals surface area contributed by atoms with Crippen molar-refractivity contribution in [2.45, 2.75) is 6.18 Å². The molecule has 8 heteroatoms. The van der Waals surface area contributed by atoms with Crippen LogP contribution in [0.25, 0.3) is 10.8 Å². The van der Waals surface area contributed by atoms with Gasteiger partial charge in [-0.1, -0.05) is 0 Å². The van der Waals surface area contributed by atoms with Crippen molar-refractivity contribution in [3.8, 4) is 5.88 Å². The van der Waals surface area contributed by atoms with Gasteiger partial charge in [-0.2, -0.15) is 13.2 Å². The zero-order valence-corrected chi connectivity index (χ0v) is 10.7. The van der Waals surface area contributed by atoms with Crippen molar-refractivity contribution in [3.05, 3.63) is 36.0 Å². The van der Waals surface area contributed by atoms with Crippen LogP contribution >= 0.6 is 0 Å². The normalized spacial score (nSPS) is 11.4. The van der Waals surface area contributed by atoms with Crippen LogP contribution in [0, 0.1) is 0 Å². The Kier molecular flexibility index (Phi) is 4.15. The highest BCUT2D eigenvalue weighted by Crippen LogP contribution is 2.33. The maximum Gasteiger partial charge on any atom is 0.416 e. The fraction of sp³-hybridized carbons (Fsp3) is 0.231. The zero-order chi connectivity index (χ0) is 15.5. The minimum Gasteiger partial charge on any atom is -0.474 e. The molecule has 2 N–H and O–H groups in total. The van der Waals surface area contributed by atoms with Gasteiger partial charge in [-0.05, 0) is 29.7 Å². The lowest BCUT2D eigenvalue weighted by Crippen LogP contribution is -2.17. The van der Waals surface area contributed by atoms with Crippen molar-refractivity contribution in [3.63, 3.8) is 0 Å². The minimum atomic E-state index is -4.41. The Morgan fingerprint density at radius 2 is 2.00 bits per heavy atom. The Morgan fingerprint density at radius 3 is 2.67 bits per heavy atom. The van der Waals surface area contributed by atoms with Gasteiger partial charge in [-0.3, -0.25) is 0 Å². The van der Waals surface area contributed by atoms with E-state index in [9.17, 15) is 18.0 Å². The van der Waals surface area contributed by atoms with Crippen LogP contribution in [0.1, 0.15) is 5.56 Å². The van der Waals surface area contributed by atoms with Crippen molar-refractivity contribution in [1.82, 2.24) is 4.98 Å². The van der Waals surface area contributed by atoms with E-state index in [4.69, 9.17) is 10.5 Å². The molecule has 1 aromatic carbocycles. The number of nitrogens with zero attached hydrogens (tertiary/aromatic N) is 1. The number of alkyl halides is 3. The Hall–Kier alpha value is -2.51. The summed E-state index contributed by atoms with van der Waals surface area (Å²) in [5.74, 6) is 0.161. The van der Waals surface area contributed by atoms with Crippen LogP contribution in [0.5, 0.6) is 5.88 Å². The Labute approximate surface area is 117 Å². The summed E-state index contributed by atoms with van der Waals surface area (Å²) < 4.78 is 47.6. The third-order valence-electron chi connectivity index (χ3n) is 2.62. The standard InChI is InChI=1S/C13H11F3N2O3/c14-13(15,16)9-1-2-10-8(7-9)3-4-18-11(10)20-5-6-21-12(17)19/h1-4,7H,5-6H2,(H2,17,19). The van der Waals surface area contributed by atoms with Gasteiger partial charge >= 0.3 is 12.3 Å². The summed E-state index contributed by atoms with van der Waals surface area (Å²) in [5.41, 5.74) is 4.03. The second-order valence-corrected chi connectivity index (χ2v) is 4.07. The van der Waals surface area contributed by atoms with Gasteiger partial charge in [0.05, 0.1) is 5.56 Å². The van der Waals surface area contributed by atoms with Crippen molar-refractivity contribution in [2.75, 3.05) is 13.2 Å². The highest BCUT2D eigenvalue weighted by Gasteiger charge is 2.30. The summed E-state index contributed by atoms with van der Waals surface area (Å²) >= 11 is 0. The number of primary amides is 1. The third-order valence-corrected chi connectivity index (χ3v) is 2.62. The number of ether oxygens (including phenoxy) is 2. The molecule has 2 rings (SSSR count). The maximum atomic E-state index is 12.6. The van der Waals surface area contributed by atoms with Crippen molar-refractivity contribution < 1.29 is 27.4 Å². The first-order valence-corrected chi connectivity index (χ1v) is 5.89. The van der Waals surface area contributed by atoms with Gasteiger partial charge in [-0.25, -0.2) is 9.78 Å². The lowest BCUT2D eigenvalue weighted by Gasteiger charge is -2.10. The molecular formula is C13H11F3N2O3. The van der Waals surface area contributed by atoms with E-state index in [1.165, 1.54) is 18.3 Å². The molecule has 0 saturated heterocycles. The first kappa shape index (κ1) is 14.9. The van der Waals surface area contributed by atoms with E-state index in [1.54, 1.807) is 0 Å². The number of nitrogens with two attached hydrogens (primary N) is 1. The summed E-state index contributed by atoms with van der Waals surface area (Å²) in [7, 11) is 0. The van der Waals surface area contributed by atoms with Crippen molar-refractivity contribution >= 4 is 16.9 Å². The van der Waals surface area contributed by atoms with Gasteiger partial charge in [0.15, 0.2) is 0 Å². The van der Waals surface area contributed by atoms with E-state index < -0.39 is 17.8 Å². The fourth-order valence-electron chi connectivity index (χ4n) is 1.72. The fourth-order valence-corrected chi connectivity index (χ4v) is 1.72. The molecule has 0 aliphatic rings. The number of amides is 1. The molecule has 1 heterocycles. The number of halogens is 3. The smallest absolute Gasteiger partial charge is 0.416 e. The number of carbonyl (C=O) groups is 1. The van der Waals surface area contributed by atoms with Crippen LogP contribution in [0.3, 0.4) is 0 Å². The molecule has 1 amide bonds. The van der Waals surface area contributed by atoms with Gasteiger partial charge in [0.2, 0.25) is 5.88 Å². The number of pyridine rings is 1. The molecule has 112 valence electrons. The lowest BCUT2D eigenvalue weighted by molar-refractivity contribution is -0.137. The summed E-state index contributed by atoms with van der Waals surface area (Å²) in [5, 5.41) is 0.787. The molecule has 2 aromatic rings. The average Bonchev–Trinajstić information content (AvgIpc) is 2.42. The zero-order valence-electron chi connectivity index (χ0n) is 10.7. The lowest BCUT2D eigenvalue weighted by atomic mass is 10.1. The molecule has 0 atom stereocenters. The molecule has 0 aliphatic carbocycles. The third kappa shape index (κ3) is 3.74. The first-order valence-electron chi connectivity index (χ1n) is 5.89. The van der Waals surface area contributed by atoms with Crippen LogP contribution in [-0.2, 0) is 10.9 Å². The molecule has 0 aliphatic heterocycles. The highest BCUT2D eigenvalue weighted by molar-refractivity contribution is 5.87. The topological polar surface area (TPSA) is 74.4 Å². The highest BCUT2D eigenvalue weighted by atomic mass is 19.4. The van der Waals surface area contributed by atoms with Gasteiger partial charge in [0.25, 0.3) is 0 Å². The largest absolute Gasteiger partial charge is 0.474 e. The number of hydrogen-bond donors (Lipinski definition) is 1. The second-order valence-electron chi connectivity index (χ2n) is 4.07. The summed E-state index contributed by atoms with van der Waals surface area (Å²) in [6.45, 7) is -0.0793. The predicted octanol–water partition coefficient (Wildman–Crippen LogP) is 2.73. The Morgan fingerprint density at radius 1 is 1.24 bits per heavy atom. The van der Waals surface area contributed by atoms with Crippen LogP contribution in [0.2, 0.25) is 0 Å².